The summed E-state index contributed by atoms with van der Waals surface area (Å²) in [6, 6.07) is 14.7. The zero-order valence-corrected chi connectivity index (χ0v) is 16.2. The Morgan fingerprint density at radius 1 is 1.07 bits per heavy atom. The highest BCUT2D eigenvalue weighted by Crippen LogP contribution is 2.24. The first kappa shape index (κ1) is 19.3. The van der Waals surface area contributed by atoms with Crippen molar-refractivity contribution in [3.63, 3.8) is 0 Å². The summed E-state index contributed by atoms with van der Waals surface area (Å²) in [5.74, 6) is -0.0963. The van der Waals surface area contributed by atoms with Crippen molar-refractivity contribution >= 4 is 29.0 Å². The molecule has 8 heteroatoms. The zero-order valence-electron chi connectivity index (χ0n) is 15.4. The summed E-state index contributed by atoms with van der Waals surface area (Å²) < 4.78 is 18.5. The number of nitrogens with zero attached hydrogens (tertiary/aromatic N) is 3. The number of ether oxygens (including phenoxy) is 1. The van der Waals surface area contributed by atoms with Gasteiger partial charge in [0.25, 0.3) is 5.91 Å². The van der Waals surface area contributed by atoms with Crippen LogP contribution in [0, 0.1) is 5.82 Å². The van der Waals surface area contributed by atoms with Crippen LogP contribution >= 0.6 is 11.6 Å². The molecule has 0 saturated carbocycles. The summed E-state index contributed by atoms with van der Waals surface area (Å²) in [6.45, 7) is 2.95. The highest BCUT2D eigenvalue weighted by atomic mass is 35.5. The molecule has 0 radical (unpaired) electrons. The maximum Gasteiger partial charge on any atom is 0.257 e. The maximum absolute atomic E-state index is 13.2. The molecular weight excluding hydrogens is 395 g/mol. The third kappa shape index (κ3) is 4.52. The van der Waals surface area contributed by atoms with Gasteiger partial charge >= 0.3 is 0 Å². The second kappa shape index (κ2) is 8.55. The van der Waals surface area contributed by atoms with Crippen LogP contribution in [-0.2, 0) is 4.74 Å². The van der Waals surface area contributed by atoms with Crippen molar-refractivity contribution in [3.05, 3.63) is 71.0 Å². The molecule has 1 saturated heterocycles. The molecule has 4 rings (SSSR count). The van der Waals surface area contributed by atoms with Crippen molar-refractivity contribution in [2.75, 3.05) is 36.5 Å². The summed E-state index contributed by atoms with van der Waals surface area (Å²) in [4.78, 5) is 14.6. The number of carbonyl (C=O) groups excluding carboxylic acids is 1. The molecular formula is C21H18ClFN4O2. The third-order valence-electron chi connectivity index (χ3n) is 4.58. The van der Waals surface area contributed by atoms with Crippen LogP contribution in [0.15, 0.2) is 54.6 Å². The highest BCUT2D eigenvalue weighted by Gasteiger charge is 2.14. The standard InChI is InChI=1S/C21H18ClFN4O2/c22-18-13-15(23)4-5-17(18)21(28)24-16-3-1-2-14(12-16)19-6-7-20(26-25-19)27-8-10-29-11-9-27/h1-7,12-13H,8-11H2,(H,24,28). The molecule has 0 spiro atoms. The largest absolute Gasteiger partial charge is 0.378 e. The number of hydrogen-bond donors (Lipinski definition) is 1. The maximum atomic E-state index is 13.2. The summed E-state index contributed by atoms with van der Waals surface area (Å²) >= 11 is 5.97. The van der Waals surface area contributed by atoms with E-state index in [2.05, 4.69) is 20.4 Å². The fraction of sp³-hybridized carbons (Fsp3) is 0.190. The molecule has 3 aromatic rings. The smallest absolute Gasteiger partial charge is 0.257 e. The number of morpholine rings is 1. The zero-order chi connectivity index (χ0) is 20.2. The average Bonchev–Trinajstić information content (AvgIpc) is 2.74. The molecule has 1 N–H and O–H groups in total. The molecule has 1 aromatic heterocycles. The molecule has 1 amide bonds. The summed E-state index contributed by atoms with van der Waals surface area (Å²) in [5, 5.41) is 11.5. The number of hydrogen-bond acceptors (Lipinski definition) is 5. The number of benzene rings is 2. The van der Waals surface area contributed by atoms with Crippen LogP contribution in [0.2, 0.25) is 5.02 Å². The minimum Gasteiger partial charge on any atom is -0.378 e. The first-order chi connectivity index (χ1) is 14.1. The van der Waals surface area contributed by atoms with Gasteiger partial charge in [-0.3, -0.25) is 4.79 Å². The molecule has 1 fully saturated rings. The van der Waals surface area contributed by atoms with Gasteiger partial charge in [0.2, 0.25) is 0 Å². The SMILES string of the molecule is O=C(Nc1cccc(-c2ccc(N3CCOCC3)nn2)c1)c1ccc(F)cc1Cl. The quantitative estimate of drug-likeness (QED) is 0.700. The number of rotatable bonds is 4. The van der Waals surface area contributed by atoms with Crippen molar-refractivity contribution in [3.8, 4) is 11.3 Å². The molecule has 148 valence electrons. The van der Waals surface area contributed by atoms with Crippen LogP contribution in [0.25, 0.3) is 11.3 Å². The number of amides is 1. The molecule has 2 aromatic carbocycles. The second-order valence-electron chi connectivity index (χ2n) is 6.54. The van der Waals surface area contributed by atoms with E-state index < -0.39 is 11.7 Å². The number of nitrogens with one attached hydrogen (secondary N) is 1. The van der Waals surface area contributed by atoms with E-state index in [9.17, 15) is 9.18 Å². The van der Waals surface area contributed by atoms with E-state index in [0.29, 0.717) is 24.6 Å². The first-order valence-corrected chi connectivity index (χ1v) is 9.51. The van der Waals surface area contributed by atoms with E-state index >= 15 is 0 Å². The molecule has 0 unspecified atom stereocenters. The molecule has 29 heavy (non-hydrogen) atoms. The van der Waals surface area contributed by atoms with Crippen molar-refractivity contribution in [1.82, 2.24) is 10.2 Å². The van der Waals surface area contributed by atoms with E-state index in [4.69, 9.17) is 16.3 Å². The van der Waals surface area contributed by atoms with Gasteiger partial charge in [-0.05, 0) is 42.5 Å². The molecule has 0 atom stereocenters. The van der Waals surface area contributed by atoms with E-state index in [1.54, 1.807) is 12.1 Å². The third-order valence-corrected chi connectivity index (χ3v) is 4.89. The average molecular weight is 413 g/mol. The normalized spacial score (nSPS) is 13.9. The Balaban J connectivity index is 1.50. The van der Waals surface area contributed by atoms with Crippen LogP contribution in [0.3, 0.4) is 0 Å². The number of aromatic nitrogens is 2. The predicted molar refractivity (Wildman–Crippen MR) is 110 cm³/mol. The minimum absolute atomic E-state index is 0.0585. The summed E-state index contributed by atoms with van der Waals surface area (Å²) in [6.07, 6.45) is 0. The number of anilines is 2. The Kier molecular flexibility index (Phi) is 5.69. The highest BCUT2D eigenvalue weighted by molar-refractivity contribution is 6.34. The lowest BCUT2D eigenvalue weighted by Crippen LogP contribution is -2.36. The van der Waals surface area contributed by atoms with Gasteiger partial charge in [0.05, 0.1) is 29.5 Å². The van der Waals surface area contributed by atoms with Gasteiger partial charge in [-0.2, -0.15) is 0 Å². The molecule has 0 aliphatic carbocycles. The fourth-order valence-corrected chi connectivity index (χ4v) is 3.32. The van der Waals surface area contributed by atoms with Crippen LogP contribution in [0.1, 0.15) is 10.4 Å². The minimum atomic E-state index is -0.493. The Bertz CT molecular complexity index is 1020. The molecule has 2 heterocycles. The monoisotopic (exact) mass is 412 g/mol. The van der Waals surface area contributed by atoms with Gasteiger partial charge in [-0.1, -0.05) is 23.7 Å². The van der Waals surface area contributed by atoms with E-state index in [1.807, 2.05) is 24.3 Å². The van der Waals surface area contributed by atoms with E-state index in [0.717, 1.165) is 30.5 Å². The van der Waals surface area contributed by atoms with E-state index in [-0.39, 0.29) is 10.6 Å². The van der Waals surface area contributed by atoms with Crippen molar-refractivity contribution in [2.45, 2.75) is 0 Å². The van der Waals surface area contributed by atoms with Gasteiger partial charge in [0, 0.05) is 24.3 Å². The Hall–Kier alpha value is -3.03. The first-order valence-electron chi connectivity index (χ1n) is 9.13. The number of carbonyl (C=O) groups is 1. The topological polar surface area (TPSA) is 67.4 Å². The summed E-state index contributed by atoms with van der Waals surface area (Å²) in [5.41, 5.74) is 2.28. The van der Waals surface area contributed by atoms with Crippen LogP contribution in [-0.4, -0.2) is 42.4 Å². The van der Waals surface area contributed by atoms with Gasteiger partial charge in [-0.15, -0.1) is 10.2 Å². The van der Waals surface area contributed by atoms with Gasteiger partial charge in [0.1, 0.15) is 5.82 Å². The fourth-order valence-electron chi connectivity index (χ4n) is 3.07. The Morgan fingerprint density at radius 3 is 2.62 bits per heavy atom. The molecule has 0 bridgehead atoms. The van der Waals surface area contributed by atoms with Gasteiger partial charge < -0.3 is 15.0 Å². The van der Waals surface area contributed by atoms with Crippen molar-refractivity contribution in [1.29, 1.82) is 0 Å². The molecule has 1 aliphatic heterocycles. The molecule has 6 nitrogen and oxygen atoms in total. The van der Waals surface area contributed by atoms with E-state index in [1.165, 1.54) is 12.1 Å². The van der Waals surface area contributed by atoms with Crippen LogP contribution in [0.4, 0.5) is 15.9 Å². The van der Waals surface area contributed by atoms with Gasteiger partial charge in [-0.25, -0.2) is 4.39 Å². The Labute approximate surface area is 172 Å². The lowest BCUT2D eigenvalue weighted by Gasteiger charge is -2.27. The van der Waals surface area contributed by atoms with Crippen molar-refractivity contribution < 1.29 is 13.9 Å². The predicted octanol–water partition coefficient (Wildman–Crippen LogP) is 4.03. The Morgan fingerprint density at radius 2 is 1.90 bits per heavy atom. The van der Waals surface area contributed by atoms with Crippen molar-refractivity contribution in [2.24, 2.45) is 0 Å². The van der Waals surface area contributed by atoms with Crippen LogP contribution in [0.5, 0.6) is 0 Å². The number of halogens is 2. The lowest BCUT2D eigenvalue weighted by molar-refractivity contribution is 0.102. The molecule has 1 aliphatic rings. The van der Waals surface area contributed by atoms with Gasteiger partial charge in [0.15, 0.2) is 5.82 Å². The summed E-state index contributed by atoms with van der Waals surface area (Å²) in [7, 11) is 0. The van der Waals surface area contributed by atoms with Crippen LogP contribution < -0.4 is 10.2 Å². The second-order valence-corrected chi connectivity index (χ2v) is 6.94. The lowest BCUT2D eigenvalue weighted by atomic mass is 10.1.